The molecule has 0 spiro atoms. The van der Waals surface area contributed by atoms with Crippen molar-refractivity contribution in [2.45, 2.75) is 25.8 Å². The normalized spacial score (nSPS) is 18.4. The lowest BCUT2D eigenvalue weighted by Gasteiger charge is -2.24. The SMILES string of the molecule is CC1Cc2ccccc2N1c1nncc(N2CCc3ccccc32)n1. The standard InChI is InChI=1S/C20H19N5/c1-14-12-16-7-3-5-9-18(16)25(14)20-22-19(13-21-23-20)24-11-10-15-6-2-4-8-17(15)24/h2-9,13-14H,10-12H2,1H3. The van der Waals surface area contributed by atoms with E-state index >= 15 is 0 Å². The van der Waals surface area contributed by atoms with E-state index in [1.165, 1.54) is 22.5 Å². The predicted molar refractivity (Wildman–Crippen MR) is 98.7 cm³/mol. The molecule has 2 aliphatic heterocycles. The van der Waals surface area contributed by atoms with Crippen LogP contribution in [0.5, 0.6) is 0 Å². The van der Waals surface area contributed by atoms with Gasteiger partial charge in [-0.15, -0.1) is 5.10 Å². The molecular weight excluding hydrogens is 310 g/mol. The van der Waals surface area contributed by atoms with Gasteiger partial charge in [-0.3, -0.25) is 0 Å². The lowest BCUT2D eigenvalue weighted by Crippen LogP contribution is -2.27. The first-order valence-corrected chi connectivity index (χ1v) is 8.73. The summed E-state index contributed by atoms with van der Waals surface area (Å²) in [6.07, 6.45) is 3.81. The Morgan fingerprint density at radius 3 is 2.60 bits per heavy atom. The van der Waals surface area contributed by atoms with Gasteiger partial charge in [0.2, 0.25) is 0 Å². The van der Waals surface area contributed by atoms with Crippen LogP contribution in [0.2, 0.25) is 0 Å². The Labute approximate surface area is 147 Å². The van der Waals surface area contributed by atoms with Crippen molar-refractivity contribution in [3.05, 3.63) is 65.9 Å². The third-order valence-electron chi connectivity index (χ3n) is 5.12. The van der Waals surface area contributed by atoms with Crippen molar-refractivity contribution in [2.24, 2.45) is 0 Å². The largest absolute Gasteiger partial charge is 0.324 e. The molecule has 5 heteroatoms. The number of nitrogens with zero attached hydrogens (tertiary/aromatic N) is 5. The van der Waals surface area contributed by atoms with Crippen LogP contribution >= 0.6 is 0 Å². The van der Waals surface area contributed by atoms with E-state index in [0.29, 0.717) is 12.0 Å². The van der Waals surface area contributed by atoms with E-state index < -0.39 is 0 Å². The van der Waals surface area contributed by atoms with Gasteiger partial charge in [0.25, 0.3) is 5.95 Å². The summed E-state index contributed by atoms with van der Waals surface area (Å²) in [7, 11) is 0. The fourth-order valence-corrected chi connectivity index (χ4v) is 3.96. The summed E-state index contributed by atoms with van der Waals surface area (Å²) in [4.78, 5) is 9.30. The summed E-state index contributed by atoms with van der Waals surface area (Å²) in [6, 6.07) is 17.3. The number of para-hydroxylation sites is 2. The molecule has 0 amide bonds. The van der Waals surface area contributed by atoms with E-state index in [-0.39, 0.29) is 0 Å². The van der Waals surface area contributed by atoms with Crippen molar-refractivity contribution >= 4 is 23.1 Å². The molecule has 0 saturated heterocycles. The van der Waals surface area contributed by atoms with Crippen LogP contribution in [0, 0.1) is 0 Å². The second-order valence-corrected chi connectivity index (χ2v) is 6.70. The maximum atomic E-state index is 4.86. The topological polar surface area (TPSA) is 45.2 Å². The highest BCUT2D eigenvalue weighted by Gasteiger charge is 2.30. The van der Waals surface area contributed by atoms with Crippen LogP contribution in [-0.4, -0.2) is 27.8 Å². The van der Waals surface area contributed by atoms with E-state index in [0.717, 1.165) is 25.2 Å². The Morgan fingerprint density at radius 2 is 1.72 bits per heavy atom. The zero-order valence-corrected chi connectivity index (χ0v) is 14.1. The lowest BCUT2D eigenvalue weighted by atomic mass is 10.1. The highest BCUT2D eigenvalue weighted by atomic mass is 15.4. The second-order valence-electron chi connectivity index (χ2n) is 6.70. The van der Waals surface area contributed by atoms with Crippen LogP contribution in [-0.2, 0) is 12.8 Å². The molecule has 1 unspecified atom stereocenters. The zero-order chi connectivity index (χ0) is 16.8. The van der Waals surface area contributed by atoms with Crippen LogP contribution in [0.4, 0.5) is 23.1 Å². The number of benzene rings is 2. The van der Waals surface area contributed by atoms with Gasteiger partial charge in [0.05, 0.1) is 6.20 Å². The number of hydrogen-bond acceptors (Lipinski definition) is 5. The molecule has 0 bridgehead atoms. The molecule has 5 rings (SSSR count). The summed E-state index contributed by atoms with van der Waals surface area (Å²) < 4.78 is 0. The van der Waals surface area contributed by atoms with Crippen LogP contribution in [0.25, 0.3) is 0 Å². The van der Waals surface area contributed by atoms with Gasteiger partial charge >= 0.3 is 0 Å². The van der Waals surface area contributed by atoms with Gasteiger partial charge in [-0.25, -0.2) is 0 Å². The fourth-order valence-electron chi connectivity index (χ4n) is 3.96. The van der Waals surface area contributed by atoms with E-state index in [2.05, 4.69) is 75.5 Å². The average molecular weight is 329 g/mol. The molecule has 0 radical (unpaired) electrons. The monoisotopic (exact) mass is 329 g/mol. The maximum absolute atomic E-state index is 4.86. The van der Waals surface area contributed by atoms with Gasteiger partial charge in [-0.1, -0.05) is 36.4 Å². The van der Waals surface area contributed by atoms with Crippen LogP contribution in [0.15, 0.2) is 54.7 Å². The summed E-state index contributed by atoms with van der Waals surface area (Å²) in [5, 5.41) is 8.59. The molecule has 0 saturated carbocycles. The molecule has 1 atom stereocenters. The summed E-state index contributed by atoms with van der Waals surface area (Å²) in [5.74, 6) is 1.55. The van der Waals surface area contributed by atoms with Crippen molar-refractivity contribution in [2.75, 3.05) is 16.3 Å². The Hall–Kier alpha value is -2.95. The minimum absolute atomic E-state index is 0.334. The molecule has 2 aromatic carbocycles. The third kappa shape index (κ3) is 2.27. The molecule has 2 aliphatic rings. The zero-order valence-electron chi connectivity index (χ0n) is 14.1. The number of aromatic nitrogens is 3. The third-order valence-corrected chi connectivity index (χ3v) is 5.12. The van der Waals surface area contributed by atoms with Crippen molar-refractivity contribution in [3.8, 4) is 0 Å². The second kappa shape index (κ2) is 5.55. The molecule has 25 heavy (non-hydrogen) atoms. The van der Waals surface area contributed by atoms with Crippen molar-refractivity contribution < 1.29 is 0 Å². The minimum atomic E-state index is 0.334. The fraction of sp³-hybridized carbons (Fsp3) is 0.250. The van der Waals surface area contributed by atoms with Gasteiger partial charge < -0.3 is 9.80 Å². The van der Waals surface area contributed by atoms with Crippen LogP contribution < -0.4 is 9.80 Å². The maximum Gasteiger partial charge on any atom is 0.252 e. The van der Waals surface area contributed by atoms with E-state index in [1.54, 1.807) is 6.20 Å². The summed E-state index contributed by atoms with van der Waals surface area (Å²) >= 11 is 0. The molecule has 124 valence electrons. The van der Waals surface area contributed by atoms with Gasteiger partial charge in [-0.2, -0.15) is 10.1 Å². The smallest absolute Gasteiger partial charge is 0.252 e. The molecule has 0 aliphatic carbocycles. The predicted octanol–water partition coefficient (Wildman–Crippen LogP) is 3.65. The molecule has 3 aromatic rings. The molecule has 3 heterocycles. The highest BCUT2D eigenvalue weighted by molar-refractivity contribution is 5.70. The van der Waals surface area contributed by atoms with E-state index in [9.17, 15) is 0 Å². The molecule has 5 nitrogen and oxygen atoms in total. The van der Waals surface area contributed by atoms with Gasteiger partial charge in [0, 0.05) is 24.0 Å². The number of rotatable bonds is 2. The van der Waals surface area contributed by atoms with Crippen molar-refractivity contribution in [3.63, 3.8) is 0 Å². The van der Waals surface area contributed by atoms with Crippen molar-refractivity contribution in [1.82, 2.24) is 15.2 Å². The first-order chi connectivity index (χ1) is 12.3. The summed E-state index contributed by atoms with van der Waals surface area (Å²) in [5.41, 5.74) is 5.12. The van der Waals surface area contributed by atoms with E-state index in [4.69, 9.17) is 4.98 Å². The Balaban J connectivity index is 1.55. The first-order valence-electron chi connectivity index (χ1n) is 8.73. The Morgan fingerprint density at radius 1 is 0.960 bits per heavy atom. The average Bonchev–Trinajstić information content (AvgIpc) is 3.22. The quantitative estimate of drug-likeness (QED) is 0.718. The number of fused-ring (bicyclic) bond motifs is 2. The molecule has 0 fully saturated rings. The van der Waals surface area contributed by atoms with Gasteiger partial charge in [0.15, 0.2) is 5.82 Å². The first kappa shape index (κ1) is 14.4. The lowest BCUT2D eigenvalue weighted by molar-refractivity contribution is 0.728. The van der Waals surface area contributed by atoms with Crippen LogP contribution in [0.1, 0.15) is 18.1 Å². The Kier molecular flexibility index (Phi) is 3.20. The van der Waals surface area contributed by atoms with Crippen LogP contribution in [0.3, 0.4) is 0 Å². The summed E-state index contributed by atoms with van der Waals surface area (Å²) in [6.45, 7) is 3.14. The van der Waals surface area contributed by atoms with Gasteiger partial charge in [-0.05, 0) is 43.0 Å². The molecule has 0 N–H and O–H groups in total. The number of hydrogen-bond donors (Lipinski definition) is 0. The van der Waals surface area contributed by atoms with Gasteiger partial charge in [0.1, 0.15) is 0 Å². The molecular formula is C20H19N5. The Bertz CT molecular complexity index is 939. The highest BCUT2D eigenvalue weighted by Crippen LogP contribution is 2.38. The minimum Gasteiger partial charge on any atom is -0.324 e. The van der Waals surface area contributed by atoms with Crippen molar-refractivity contribution in [1.29, 1.82) is 0 Å². The molecule has 1 aromatic heterocycles. The number of anilines is 4. The van der Waals surface area contributed by atoms with E-state index in [1.807, 2.05) is 0 Å².